The van der Waals surface area contributed by atoms with Crippen molar-refractivity contribution in [2.75, 3.05) is 25.4 Å². The summed E-state index contributed by atoms with van der Waals surface area (Å²) in [6.45, 7) is 1.86. The molecule has 0 unspecified atom stereocenters. The van der Waals surface area contributed by atoms with Gasteiger partial charge in [0, 0.05) is 36.9 Å². The van der Waals surface area contributed by atoms with Crippen molar-refractivity contribution in [3.05, 3.63) is 35.4 Å². The Morgan fingerprint density at radius 1 is 1.00 bits per heavy atom. The number of halogens is 3. The highest BCUT2D eigenvalue weighted by molar-refractivity contribution is 8.00. The van der Waals surface area contributed by atoms with E-state index < -0.39 is 11.7 Å². The molecule has 0 bridgehead atoms. The molecule has 158 valence electrons. The molecule has 3 fully saturated rings. The van der Waals surface area contributed by atoms with Crippen LogP contribution in [0.5, 0.6) is 0 Å². The van der Waals surface area contributed by atoms with Crippen molar-refractivity contribution in [3.8, 4) is 0 Å². The first-order valence-electron chi connectivity index (χ1n) is 10.2. The lowest BCUT2D eigenvalue weighted by molar-refractivity contribution is -0.138. The van der Waals surface area contributed by atoms with E-state index in [0.29, 0.717) is 32.5 Å². The summed E-state index contributed by atoms with van der Waals surface area (Å²) >= 11 is 1.74. The lowest BCUT2D eigenvalue weighted by Crippen LogP contribution is -2.54. The molecule has 0 aromatic heterocycles. The van der Waals surface area contributed by atoms with Crippen LogP contribution in [-0.2, 0) is 11.0 Å². The van der Waals surface area contributed by atoms with E-state index in [1.54, 1.807) is 11.8 Å². The van der Waals surface area contributed by atoms with Crippen LogP contribution in [0.15, 0.2) is 24.3 Å². The van der Waals surface area contributed by atoms with E-state index in [-0.39, 0.29) is 28.2 Å². The highest BCUT2D eigenvalue weighted by atomic mass is 32.2. The molecule has 0 N–H and O–H groups in total. The van der Waals surface area contributed by atoms with Gasteiger partial charge in [-0.15, -0.1) is 11.8 Å². The fourth-order valence-corrected chi connectivity index (χ4v) is 6.23. The number of carbonyl (C=O) groups is 2. The maximum atomic E-state index is 13.1. The number of nitrogens with zero attached hydrogens (tertiary/aromatic N) is 2. The van der Waals surface area contributed by atoms with Crippen molar-refractivity contribution in [2.45, 2.75) is 49.6 Å². The maximum absolute atomic E-state index is 13.1. The van der Waals surface area contributed by atoms with Gasteiger partial charge in [-0.05, 0) is 49.9 Å². The van der Waals surface area contributed by atoms with Crippen molar-refractivity contribution >= 4 is 23.6 Å². The molecule has 0 atom stereocenters. The van der Waals surface area contributed by atoms with Gasteiger partial charge in [0.25, 0.3) is 5.91 Å². The SMILES string of the molecule is O=C(C1CCCC1)N1CCC2(CC1)SCCN2C(=O)c1ccc(C(F)(F)F)cc1. The minimum atomic E-state index is -4.41. The Bertz CT molecular complexity index is 767. The predicted octanol–water partition coefficient (Wildman–Crippen LogP) is 4.40. The van der Waals surface area contributed by atoms with Crippen LogP contribution in [0.25, 0.3) is 0 Å². The summed E-state index contributed by atoms with van der Waals surface area (Å²) in [5.74, 6) is 0.994. The Morgan fingerprint density at radius 2 is 1.62 bits per heavy atom. The van der Waals surface area contributed by atoms with Gasteiger partial charge >= 0.3 is 6.18 Å². The molecule has 2 saturated heterocycles. The molecule has 2 aliphatic heterocycles. The molecule has 29 heavy (non-hydrogen) atoms. The third-order valence-corrected chi connectivity index (χ3v) is 8.00. The van der Waals surface area contributed by atoms with Gasteiger partial charge in [0.15, 0.2) is 0 Å². The van der Waals surface area contributed by atoms with Crippen LogP contribution in [0.2, 0.25) is 0 Å². The van der Waals surface area contributed by atoms with Gasteiger partial charge in [0.1, 0.15) is 0 Å². The second-order valence-corrected chi connectivity index (χ2v) is 9.59. The molecule has 4 nitrogen and oxygen atoms in total. The Kier molecular flexibility index (Phi) is 5.57. The lowest BCUT2D eigenvalue weighted by Gasteiger charge is -2.44. The highest BCUT2D eigenvalue weighted by Crippen LogP contribution is 2.45. The minimum absolute atomic E-state index is 0.158. The third kappa shape index (κ3) is 4.00. The van der Waals surface area contributed by atoms with Crippen molar-refractivity contribution in [3.63, 3.8) is 0 Å². The van der Waals surface area contributed by atoms with Crippen LogP contribution >= 0.6 is 11.8 Å². The smallest absolute Gasteiger partial charge is 0.342 e. The molecule has 1 aromatic rings. The van der Waals surface area contributed by atoms with E-state index in [1.165, 1.54) is 12.1 Å². The van der Waals surface area contributed by atoms with E-state index in [2.05, 4.69) is 0 Å². The molecular weight excluding hydrogens is 401 g/mol. The molecule has 1 aliphatic carbocycles. The number of hydrogen-bond acceptors (Lipinski definition) is 3. The number of hydrogen-bond donors (Lipinski definition) is 0. The molecule has 4 rings (SSSR count). The topological polar surface area (TPSA) is 40.6 Å². The zero-order chi connectivity index (χ0) is 20.6. The van der Waals surface area contributed by atoms with E-state index in [4.69, 9.17) is 0 Å². The van der Waals surface area contributed by atoms with Crippen LogP contribution < -0.4 is 0 Å². The normalized spacial score (nSPS) is 22.4. The second kappa shape index (κ2) is 7.85. The Labute approximate surface area is 172 Å². The fraction of sp³-hybridized carbons (Fsp3) is 0.619. The summed E-state index contributed by atoms with van der Waals surface area (Å²) in [4.78, 5) is 29.2. The molecule has 0 radical (unpaired) electrons. The quantitative estimate of drug-likeness (QED) is 0.704. The van der Waals surface area contributed by atoms with Gasteiger partial charge in [-0.25, -0.2) is 0 Å². The van der Waals surface area contributed by atoms with E-state index in [9.17, 15) is 22.8 Å². The van der Waals surface area contributed by atoms with Gasteiger partial charge in [-0.1, -0.05) is 12.8 Å². The zero-order valence-corrected chi connectivity index (χ0v) is 17.0. The summed E-state index contributed by atoms with van der Waals surface area (Å²) in [6.07, 6.45) is 1.22. The lowest BCUT2D eigenvalue weighted by atomic mass is 9.98. The van der Waals surface area contributed by atoms with Crippen molar-refractivity contribution < 1.29 is 22.8 Å². The Hall–Kier alpha value is -1.70. The molecule has 2 heterocycles. The average molecular weight is 427 g/mol. The van der Waals surface area contributed by atoms with Gasteiger partial charge in [0.05, 0.1) is 10.4 Å². The molecule has 8 heteroatoms. The first kappa shape index (κ1) is 20.6. The number of alkyl halides is 3. The van der Waals surface area contributed by atoms with Crippen LogP contribution in [0.1, 0.15) is 54.4 Å². The van der Waals surface area contributed by atoms with Crippen molar-refractivity contribution in [1.82, 2.24) is 9.80 Å². The summed E-state index contributed by atoms with van der Waals surface area (Å²) < 4.78 is 38.4. The van der Waals surface area contributed by atoms with Gasteiger partial charge in [-0.3, -0.25) is 9.59 Å². The monoisotopic (exact) mass is 426 g/mol. The van der Waals surface area contributed by atoms with Gasteiger partial charge in [-0.2, -0.15) is 13.2 Å². The average Bonchev–Trinajstić information content (AvgIpc) is 3.38. The first-order chi connectivity index (χ1) is 13.8. The Morgan fingerprint density at radius 3 is 2.21 bits per heavy atom. The van der Waals surface area contributed by atoms with Crippen LogP contribution in [-0.4, -0.2) is 51.9 Å². The number of rotatable bonds is 2. The molecule has 1 saturated carbocycles. The number of amides is 2. The van der Waals surface area contributed by atoms with E-state index in [0.717, 1.165) is 43.6 Å². The first-order valence-corrected chi connectivity index (χ1v) is 11.2. The predicted molar refractivity (Wildman–Crippen MR) is 105 cm³/mol. The summed E-state index contributed by atoms with van der Waals surface area (Å²) in [7, 11) is 0. The Balaban J connectivity index is 1.43. The summed E-state index contributed by atoms with van der Waals surface area (Å²) in [5, 5.41) is 0. The van der Waals surface area contributed by atoms with Gasteiger partial charge in [0.2, 0.25) is 5.91 Å². The number of piperidine rings is 1. The van der Waals surface area contributed by atoms with Crippen LogP contribution in [0.3, 0.4) is 0 Å². The van der Waals surface area contributed by atoms with E-state index >= 15 is 0 Å². The fourth-order valence-electron chi connectivity index (χ4n) is 4.77. The summed E-state index contributed by atoms with van der Waals surface area (Å²) in [5.41, 5.74) is -0.470. The van der Waals surface area contributed by atoms with Crippen LogP contribution in [0, 0.1) is 5.92 Å². The zero-order valence-electron chi connectivity index (χ0n) is 16.2. The molecule has 1 spiro atoms. The second-order valence-electron chi connectivity index (χ2n) is 8.13. The van der Waals surface area contributed by atoms with Crippen molar-refractivity contribution in [2.24, 2.45) is 5.92 Å². The van der Waals surface area contributed by atoms with Gasteiger partial charge < -0.3 is 9.80 Å². The van der Waals surface area contributed by atoms with Crippen molar-refractivity contribution in [1.29, 1.82) is 0 Å². The third-order valence-electron chi connectivity index (χ3n) is 6.44. The number of benzene rings is 1. The summed E-state index contributed by atoms with van der Waals surface area (Å²) in [6, 6.07) is 4.46. The molecule has 2 amide bonds. The molecule has 1 aromatic carbocycles. The standard InChI is InChI=1S/C21H25F3N2O2S/c22-21(23,24)17-7-5-16(6-8-17)19(28)26-13-14-29-20(26)9-11-25(12-10-20)18(27)15-3-1-2-4-15/h5-8,15H,1-4,9-14H2. The van der Waals surface area contributed by atoms with E-state index in [1.807, 2.05) is 9.80 Å². The number of carbonyl (C=O) groups excluding carboxylic acids is 2. The van der Waals surface area contributed by atoms with Crippen LogP contribution in [0.4, 0.5) is 13.2 Å². The molecular formula is C21H25F3N2O2S. The maximum Gasteiger partial charge on any atom is 0.416 e. The number of likely N-dealkylation sites (tertiary alicyclic amines) is 1. The largest absolute Gasteiger partial charge is 0.416 e. The highest BCUT2D eigenvalue weighted by Gasteiger charge is 2.47. The molecule has 3 aliphatic rings. The number of thioether (sulfide) groups is 1. The minimum Gasteiger partial charge on any atom is -0.342 e.